The zero-order valence-electron chi connectivity index (χ0n) is 5.40. The molecule has 0 unspecified atom stereocenters. The number of aromatic nitrogens is 3. The predicted molar refractivity (Wildman–Crippen MR) is 33.5 cm³/mol. The number of nitrogens with zero attached hydrogens (tertiary/aromatic N) is 3. The molecule has 0 spiro atoms. The first-order valence-corrected chi connectivity index (χ1v) is 2.89. The molecule has 0 bridgehead atoms. The minimum atomic E-state index is 0.708. The summed E-state index contributed by atoms with van der Waals surface area (Å²) in [6, 6.07) is 0. The van der Waals surface area contributed by atoms with E-state index in [1.165, 1.54) is 6.39 Å². The van der Waals surface area contributed by atoms with E-state index in [1.54, 1.807) is 6.20 Å². The van der Waals surface area contributed by atoms with E-state index in [9.17, 15) is 0 Å². The van der Waals surface area contributed by atoms with Crippen molar-refractivity contribution < 1.29 is 4.42 Å². The molecule has 10 heavy (non-hydrogen) atoms. The maximum absolute atomic E-state index is 5.05. The van der Waals surface area contributed by atoms with Gasteiger partial charge in [0.1, 0.15) is 5.69 Å². The molecule has 0 atom stereocenters. The Hall–Kier alpha value is -1.45. The van der Waals surface area contributed by atoms with Crippen molar-refractivity contribution in [1.82, 2.24) is 15.2 Å². The molecule has 0 aliphatic carbocycles. The lowest BCUT2D eigenvalue weighted by Gasteiger charge is -1.91. The molecule has 0 amide bonds. The van der Waals surface area contributed by atoms with Gasteiger partial charge in [0.25, 0.3) is 0 Å². The fraction of sp³-hybridized carbons (Fsp3) is 0.167. The third-order valence-corrected chi connectivity index (χ3v) is 1.32. The highest BCUT2D eigenvalue weighted by atomic mass is 16.3. The molecule has 50 valence electrons. The van der Waals surface area contributed by atoms with Gasteiger partial charge in [0, 0.05) is 0 Å². The van der Waals surface area contributed by atoms with Gasteiger partial charge in [0.15, 0.2) is 5.76 Å². The summed E-state index contributed by atoms with van der Waals surface area (Å²) in [5.74, 6) is 0.718. The number of rotatable bonds is 0. The topological polar surface area (TPSA) is 51.8 Å². The highest BCUT2D eigenvalue weighted by molar-refractivity contribution is 5.54. The fourth-order valence-electron chi connectivity index (χ4n) is 0.839. The molecule has 0 N–H and O–H groups in total. The molecular formula is C6H5N3O. The van der Waals surface area contributed by atoms with E-state index in [2.05, 4.69) is 15.2 Å². The maximum Gasteiger partial charge on any atom is 0.202 e. The predicted octanol–water partition coefficient (Wildman–Crippen LogP) is 0.878. The van der Waals surface area contributed by atoms with Gasteiger partial charge >= 0.3 is 0 Å². The average molecular weight is 135 g/mol. The second kappa shape index (κ2) is 1.76. The lowest BCUT2D eigenvalue weighted by molar-refractivity contribution is 0.522. The monoisotopic (exact) mass is 135 g/mol. The molecule has 0 saturated carbocycles. The van der Waals surface area contributed by atoms with Crippen molar-refractivity contribution >= 4 is 0 Å². The van der Waals surface area contributed by atoms with Gasteiger partial charge in [-0.25, -0.2) is 0 Å². The first-order chi connectivity index (χ1) is 4.88. The molecule has 4 heteroatoms. The molecule has 2 aliphatic rings. The van der Waals surface area contributed by atoms with Crippen LogP contribution in [0.5, 0.6) is 0 Å². The molecule has 0 radical (unpaired) electrons. The molecule has 0 aromatic heterocycles. The molecule has 0 aromatic carbocycles. The van der Waals surface area contributed by atoms with Gasteiger partial charge in [-0.15, -0.1) is 10.2 Å². The van der Waals surface area contributed by atoms with E-state index in [4.69, 9.17) is 4.42 Å². The van der Waals surface area contributed by atoms with Crippen LogP contribution in [-0.2, 0) is 0 Å². The minimum absolute atomic E-state index is 0.708. The molecule has 2 aliphatic heterocycles. The summed E-state index contributed by atoms with van der Waals surface area (Å²) in [5.41, 5.74) is 1.56. The number of hydrogen-bond donors (Lipinski definition) is 0. The summed E-state index contributed by atoms with van der Waals surface area (Å²) in [6.45, 7) is 1.87. The van der Waals surface area contributed by atoms with Gasteiger partial charge in [-0.3, -0.25) is 4.98 Å². The van der Waals surface area contributed by atoms with Gasteiger partial charge in [-0.05, 0) is 6.92 Å². The van der Waals surface area contributed by atoms with Crippen LogP contribution in [0.1, 0.15) is 5.69 Å². The van der Waals surface area contributed by atoms with Crippen LogP contribution in [0.2, 0.25) is 0 Å². The Morgan fingerprint density at radius 3 is 3.20 bits per heavy atom. The summed E-state index contributed by atoms with van der Waals surface area (Å²) in [7, 11) is 0. The maximum atomic E-state index is 5.05. The lowest BCUT2D eigenvalue weighted by atomic mass is 10.3. The largest absolute Gasteiger partial charge is 0.440 e. The number of fused-ring (bicyclic) bond motifs is 1. The smallest absolute Gasteiger partial charge is 0.202 e. The van der Waals surface area contributed by atoms with Crippen LogP contribution in [0.4, 0.5) is 0 Å². The Balaban J connectivity index is 2.78. The third kappa shape index (κ3) is 0.586. The molecule has 2 heterocycles. The van der Waals surface area contributed by atoms with Gasteiger partial charge in [0.2, 0.25) is 6.39 Å². The van der Waals surface area contributed by atoms with E-state index >= 15 is 0 Å². The van der Waals surface area contributed by atoms with Crippen LogP contribution in [0, 0.1) is 6.92 Å². The van der Waals surface area contributed by atoms with Crippen LogP contribution < -0.4 is 0 Å². The number of hydrogen-bond acceptors (Lipinski definition) is 4. The SMILES string of the molecule is Cc1ncc2nncoc1-2. The van der Waals surface area contributed by atoms with Crippen LogP contribution in [0.15, 0.2) is 17.0 Å². The van der Waals surface area contributed by atoms with Crippen molar-refractivity contribution in [3.63, 3.8) is 0 Å². The Labute approximate surface area is 57.3 Å². The van der Waals surface area contributed by atoms with E-state index in [-0.39, 0.29) is 0 Å². The Bertz CT molecular complexity index is 317. The van der Waals surface area contributed by atoms with E-state index < -0.39 is 0 Å². The molecule has 0 aromatic rings. The van der Waals surface area contributed by atoms with E-state index in [0.717, 1.165) is 11.5 Å². The van der Waals surface area contributed by atoms with E-state index in [0.29, 0.717) is 5.69 Å². The zero-order chi connectivity index (χ0) is 6.97. The van der Waals surface area contributed by atoms with Crippen molar-refractivity contribution in [2.75, 3.05) is 0 Å². The second-order valence-electron chi connectivity index (χ2n) is 2.00. The van der Waals surface area contributed by atoms with Crippen molar-refractivity contribution in [3.05, 3.63) is 18.3 Å². The first kappa shape index (κ1) is 5.34. The summed E-state index contributed by atoms with van der Waals surface area (Å²) < 4.78 is 5.05. The van der Waals surface area contributed by atoms with Crippen LogP contribution >= 0.6 is 0 Å². The Kier molecular flexibility index (Phi) is 0.943. The highest BCUT2D eigenvalue weighted by Gasteiger charge is 2.10. The first-order valence-electron chi connectivity index (χ1n) is 2.89. The average Bonchev–Trinajstić information content (AvgIpc) is 2.34. The van der Waals surface area contributed by atoms with Gasteiger partial charge < -0.3 is 4.42 Å². The summed E-state index contributed by atoms with van der Waals surface area (Å²) in [5, 5.41) is 7.37. The van der Waals surface area contributed by atoms with Gasteiger partial charge in [-0.1, -0.05) is 0 Å². The van der Waals surface area contributed by atoms with Crippen molar-refractivity contribution in [2.45, 2.75) is 6.92 Å². The highest BCUT2D eigenvalue weighted by Crippen LogP contribution is 2.19. The summed E-state index contributed by atoms with van der Waals surface area (Å²) in [6.07, 6.45) is 2.94. The fourth-order valence-corrected chi connectivity index (χ4v) is 0.839. The molecule has 0 saturated heterocycles. The van der Waals surface area contributed by atoms with Crippen LogP contribution in [-0.4, -0.2) is 15.2 Å². The Morgan fingerprint density at radius 2 is 2.40 bits per heavy atom. The van der Waals surface area contributed by atoms with Crippen molar-refractivity contribution in [2.24, 2.45) is 0 Å². The van der Waals surface area contributed by atoms with Gasteiger partial charge in [0.05, 0.1) is 11.9 Å². The zero-order valence-corrected chi connectivity index (χ0v) is 5.40. The normalized spacial score (nSPS) is 10.5. The second-order valence-corrected chi connectivity index (χ2v) is 2.00. The van der Waals surface area contributed by atoms with Crippen LogP contribution in [0.3, 0.4) is 0 Å². The van der Waals surface area contributed by atoms with Crippen LogP contribution in [0.25, 0.3) is 11.5 Å². The molecule has 0 fully saturated rings. The molecule has 2 rings (SSSR count). The Morgan fingerprint density at radius 1 is 1.50 bits per heavy atom. The van der Waals surface area contributed by atoms with Crippen molar-refractivity contribution in [1.29, 1.82) is 0 Å². The lowest BCUT2D eigenvalue weighted by Crippen LogP contribution is -1.83. The standard InChI is InChI=1S/C6H5N3O/c1-4-6-5(2-7-4)9-8-3-10-6/h2-3H,1H3. The summed E-state index contributed by atoms with van der Waals surface area (Å²) >= 11 is 0. The minimum Gasteiger partial charge on any atom is -0.440 e. The van der Waals surface area contributed by atoms with Gasteiger partial charge in [-0.2, -0.15) is 0 Å². The summed E-state index contributed by atoms with van der Waals surface area (Å²) in [4.78, 5) is 4.00. The third-order valence-electron chi connectivity index (χ3n) is 1.32. The van der Waals surface area contributed by atoms with Crippen molar-refractivity contribution in [3.8, 4) is 11.5 Å². The molecular weight excluding hydrogens is 130 g/mol. The molecule has 4 nitrogen and oxygen atoms in total. The quantitative estimate of drug-likeness (QED) is 0.538. The number of aryl methyl sites for hydroxylation is 1. The van der Waals surface area contributed by atoms with E-state index in [1.807, 2.05) is 6.92 Å².